The highest BCUT2D eigenvalue weighted by atomic mass is 19.1. The Hall–Kier alpha value is -2.48. The van der Waals surface area contributed by atoms with Crippen LogP contribution in [0.2, 0.25) is 0 Å². The minimum absolute atomic E-state index is 0.111. The van der Waals surface area contributed by atoms with Crippen molar-refractivity contribution in [3.05, 3.63) is 83.4 Å². The van der Waals surface area contributed by atoms with Crippen LogP contribution < -0.4 is 0 Å². The molecule has 0 N–H and O–H groups in total. The van der Waals surface area contributed by atoms with Crippen molar-refractivity contribution in [2.75, 3.05) is 0 Å². The lowest BCUT2D eigenvalue weighted by Crippen LogP contribution is -2.04. The van der Waals surface area contributed by atoms with E-state index in [2.05, 4.69) is 13.8 Å². The molecule has 0 aliphatic carbocycles. The van der Waals surface area contributed by atoms with Crippen LogP contribution in [-0.2, 0) is 12.8 Å². The van der Waals surface area contributed by atoms with Gasteiger partial charge >= 0.3 is 0 Å². The molecule has 0 unspecified atom stereocenters. The van der Waals surface area contributed by atoms with Crippen molar-refractivity contribution in [1.29, 1.82) is 0 Å². The van der Waals surface area contributed by atoms with Crippen LogP contribution in [0.25, 0.3) is 22.3 Å². The third-order valence-corrected chi connectivity index (χ3v) is 5.77. The maximum Gasteiger partial charge on any atom is 0.137 e. The zero-order valence-corrected chi connectivity index (χ0v) is 18.2. The Balaban J connectivity index is 1.96. The smallest absolute Gasteiger partial charge is 0.137 e. The second-order valence-electron chi connectivity index (χ2n) is 8.04. The summed E-state index contributed by atoms with van der Waals surface area (Å²) in [6.07, 6.45) is 7.66. The Morgan fingerprint density at radius 1 is 0.633 bits per heavy atom. The van der Waals surface area contributed by atoms with E-state index < -0.39 is 5.82 Å². The fourth-order valence-electron chi connectivity index (χ4n) is 4.04. The quantitative estimate of drug-likeness (QED) is 0.295. The van der Waals surface area contributed by atoms with Crippen LogP contribution in [-0.4, -0.2) is 0 Å². The van der Waals surface area contributed by atoms with Gasteiger partial charge in [0, 0.05) is 0 Å². The van der Waals surface area contributed by atoms with Gasteiger partial charge in [-0.05, 0) is 59.6 Å². The maximum atomic E-state index is 15.6. The van der Waals surface area contributed by atoms with Crippen molar-refractivity contribution < 1.29 is 8.78 Å². The van der Waals surface area contributed by atoms with E-state index in [1.54, 1.807) is 6.07 Å². The average Bonchev–Trinajstić information content (AvgIpc) is 2.77. The van der Waals surface area contributed by atoms with E-state index in [1.165, 1.54) is 0 Å². The number of hydrogen-bond donors (Lipinski definition) is 0. The topological polar surface area (TPSA) is 0 Å². The first-order valence-electron chi connectivity index (χ1n) is 11.3. The molecule has 2 heteroatoms. The molecule has 0 nitrogen and oxygen atoms in total. The molecule has 0 aliphatic heterocycles. The van der Waals surface area contributed by atoms with E-state index in [9.17, 15) is 0 Å². The van der Waals surface area contributed by atoms with Crippen LogP contribution in [0.15, 0.2) is 60.7 Å². The van der Waals surface area contributed by atoms with Gasteiger partial charge in [-0.2, -0.15) is 0 Å². The second kappa shape index (κ2) is 11.1. The zero-order chi connectivity index (χ0) is 21.3. The van der Waals surface area contributed by atoms with Crippen LogP contribution in [0.1, 0.15) is 63.5 Å². The summed E-state index contributed by atoms with van der Waals surface area (Å²) in [5.41, 5.74) is 4.40. The molecule has 0 bridgehead atoms. The number of unbranched alkanes of at least 4 members (excludes halogenated alkanes) is 4. The molecule has 3 aromatic carbocycles. The molecule has 0 heterocycles. The van der Waals surface area contributed by atoms with Gasteiger partial charge in [-0.3, -0.25) is 0 Å². The molecule has 0 spiro atoms. The van der Waals surface area contributed by atoms with Crippen LogP contribution in [0.5, 0.6) is 0 Å². The molecule has 0 aliphatic rings. The van der Waals surface area contributed by atoms with Crippen molar-refractivity contribution in [2.24, 2.45) is 0 Å². The van der Waals surface area contributed by atoms with Gasteiger partial charge in [0.1, 0.15) is 11.6 Å². The fraction of sp³-hybridized carbons (Fsp3) is 0.357. The molecule has 0 fully saturated rings. The van der Waals surface area contributed by atoms with Gasteiger partial charge in [-0.1, -0.05) is 94.1 Å². The molecule has 0 saturated carbocycles. The molecule has 30 heavy (non-hydrogen) atoms. The number of benzene rings is 3. The Bertz CT molecular complexity index is 927. The molecular weight excluding hydrogens is 374 g/mol. The van der Waals surface area contributed by atoms with Crippen molar-refractivity contribution in [2.45, 2.75) is 65.2 Å². The first kappa shape index (κ1) is 22.2. The highest BCUT2D eigenvalue weighted by Crippen LogP contribution is 2.33. The van der Waals surface area contributed by atoms with Crippen LogP contribution >= 0.6 is 0 Å². The molecule has 0 amide bonds. The van der Waals surface area contributed by atoms with Gasteiger partial charge in [0.05, 0.1) is 5.56 Å². The molecule has 0 atom stereocenters. The predicted octanol–water partition coefficient (Wildman–Crippen LogP) is 8.76. The van der Waals surface area contributed by atoms with Gasteiger partial charge < -0.3 is 0 Å². The van der Waals surface area contributed by atoms with Crippen molar-refractivity contribution in [3.8, 4) is 22.3 Å². The van der Waals surface area contributed by atoms with E-state index in [-0.39, 0.29) is 11.4 Å². The number of rotatable bonds is 10. The van der Waals surface area contributed by atoms with Crippen LogP contribution in [0, 0.1) is 11.6 Å². The fourth-order valence-corrected chi connectivity index (χ4v) is 4.04. The molecule has 158 valence electrons. The molecule has 3 aromatic rings. The summed E-state index contributed by atoms with van der Waals surface area (Å²) in [5.74, 6) is -0.823. The van der Waals surface area contributed by atoms with Gasteiger partial charge in [0.15, 0.2) is 0 Å². The summed E-state index contributed by atoms with van der Waals surface area (Å²) in [5, 5.41) is 0. The second-order valence-corrected chi connectivity index (χ2v) is 8.04. The summed E-state index contributed by atoms with van der Waals surface area (Å²) < 4.78 is 30.7. The predicted molar refractivity (Wildman–Crippen MR) is 124 cm³/mol. The first-order valence-corrected chi connectivity index (χ1v) is 11.3. The van der Waals surface area contributed by atoms with E-state index in [4.69, 9.17) is 0 Å². The molecule has 3 rings (SSSR count). The van der Waals surface area contributed by atoms with Crippen LogP contribution in [0.4, 0.5) is 8.78 Å². The minimum Gasteiger partial charge on any atom is -0.206 e. The summed E-state index contributed by atoms with van der Waals surface area (Å²) >= 11 is 0. The van der Waals surface area contributed by atoms with E-state index in [0.29, 0.717) is 17.5 Å². The maximum absolute atomic E-state index is 15.6. The standard InChI is InChI=1S/C28H32F2/c1-3-5-8-14-24-20-26(29)27(28(30)25(24)15-9-6-4-2)23-18-16-22(17-19-23)21-12-10-7-11-13-21/h7,10-13,16-20H,3-6,8-9,14-15H2,1-2H3. The van der Waals surface area contributed by atoms with Gasteiger partial charge in [-0.15, -0.1) is 0 Å². The summed E-state index contributed by atoms with van der Waals surface area (Å²) in [4.78, 5) is 0. The van der Waals surface area contributed by atoms with Gasteiger partial charge in [0.2, 0.25) is 0 Å². The van der Waals surface area contributed by atoms with Crippen molar-refractivity contribution in [1.82, 2.24) is 0 Å². The minimum atomic E-state index is -0.453. The van der Waals surface area contributed by atoms with E-state index >= 15 is 8.78 Å². The molecule has 0 radical (unpaired) electrons. The molecule has 0 aromatic heterocycles. The van der Waals surface area contributed by atoms with Gasteiger partial charge in [0.25, 0.3) is 0 Å². The third kappa shape index (κ3) is 5.36. The Labute approximate surface area is 180 Å². The Morgan fingerprint density at radius 2 is 1.20 bits per heavy atom. The molecule has 0 saturated heterocycles. The van der Waals surface area contributed by atoms with E-state index in [0.717, 1.165) is 61.6 Å². The zero-order valence-electron chi connectivity index (χ0n) is 18.2. The SMILES string of the molecule is CCCCCc1cc(F)c(-c2ccc(-c3ccccc3)cc2)c(F)c1CCCCC. The highest BCUT2D eigenvalue weighted by molar-refractivity contribution is 5.72. The monoisotopic (exact) mass is 406 g/mol. The van der Waals surface area contributed by atoms with Crippen molar-refractivity contribution in [3.63, 3.8) is 0 Å². The average molecular weight is 407 g/mol. The lowest BCUT2D eigenvalue weighted by atomic mass is 9.91. The first-order chi connectivity index (χ1) is 14.7. The largest absolute Gasteiger partial charge is 0.206 e. The Morgan fingerprint density at radius 3 is 1.83 bits per heavy atom. The van der Waals surface area contributed by atoms with Crippen molar-refractivity contribution >= 4 is 0 Å². The summed E-state index contributed by atoms with van der Waals surface area (Å²) in [7, 11) is 0. The number of halogens is 2. The molecular formula is C28H32F2. The third-order valence-electron chi connectivity index (χ3n) is 5.77. The summed E-state index contributed by atoms with van der Waals surface area (Å²) in [6.45, 7) is 4.29. The van der Waals surface area contributed by atoms with E-state index in [1.807, 2.05) is 54.6 Å². The van der Waals surface area contributed by atoms with Crippen LogP contribution in [0.3, 0.4) is 0 Å². The lowest BCUT2D eigenvalue weighted by molar-refractivity contribution is 0.564. The number of hydrogen-bond acceptors (Lipinski definition) is 0. The Kier molecular flexibility index (Phi) is 8.19. The van der Waals surface area contributed by atoms with Gasteiger partial charge in [-0.25, -0.2) is 8.78 Å². The number of aryl methyl sites for hydroxylation is 1. The lowest BCUT2D eigenvalue weighted by Gasteiger charge is -2.16. The highest BCUT2D eigenvalue weighted by Gasteiger charge is 2.19. The normalized spacial score (nSPS) is 11.1. The summed E-state index contributed by atoms with van der Waals surface area (Å²) in [6, 6.07) is 19.1.